The van der Waals surface area contributed by atoms with Gasteiger partial charge in [0.1, 0.15) is 0 Å². The second-order valence-corrected chi connectivity index (χ2v) is 11.8. The Morgan fingerprint density at radius 1 is 1.24 bits per heavy atom. The minimum Gasteiger partial charge on any atom is -0.351 e. The van der Waals surface area contributed by atoms with E-state index < -0.39 is 0 Å². The van der Waals surface area contributed by atoms with Gasteiger partial charge in [-0.25, -0.2) is 4.52 Å². The average molecular weight is 466 g/mol. The highest BCUT2D eigenvalue weighted by molar-refractivity contribution is 6.00. The van der Waals surface area contributed by atoms with Gasteiger partial charge in [-0.2, -0.15) is 5.10 Å². The molecule has 0 radical (unpaired) electrons. The lowest BCUT2D eigenvalue weighted by Crippen LogP contribution is -2.46. The molecule has 2 aromatic heterocycles. The summed E-state index contributed by atoms with van der Waals surface area (Å²) in [6.07, 6.45) is 10.4. The molecule has 3 fully saturated rings. The van der Waals surface area contributed by atoms with Crippen LogP contribution in [0.4, 0.5) is 0 Å². The normalized spacial score (nSPS) is 31.4. The minimum absolute atomic E-state index is 0.0506. The molecule has 2 saturated carbocycles. The van der Waals surface area contributed by atoms with E-state index in [4.69, 9.17) is 5.73 Å². The van der Waals surface area contributed by atoms with E-state index in [0.717, 1.165) is 42.7 Å². The van der Waals surface area contributed by atoms with Crippen LogP contribution >= 0.6 is 0 Å². The summed E-state index contributed by atoms with van der Waals surface area (Å²) in [5, 5.41) is 7.82. The highest BCUT2D eigenvalue weighted by Crippen LogP contribution is 2.49. The van der Waals surface area contributed by atoms with E-state index >= 15 is 0 Å². The number of nitrogens with zero attached hydrogens (tertiary/aromatic N) is 3. The van der Waals surface area contributed by atoms with Crippen molar-refractivity contribution in [3.8, 4) is 0 Å². The summed E-state index contributed by atoms with van der Waals surface area (Å²) in [6, 6.07) is 5.63. The second-order valence-electron chi connectivity index (χ2n) is 11.8. The van der Waals surface area contributed by atoms with Gasteiger partial charge in [-0.1, -0.05) is 13.8 Å². The topological polar surface area (TPSA) is 92.7 Å². The summed E-state index contributed by atoms with van der Waals surface area (Å²) in [6.45, 7) is 6.81. The Bertz CT molecular complexity index is 1040. The molecular formula is C27H39N5O2. The van der Waals surface area contributed by atoms with Crippen molar-refractivity contribution in [2.24, 2.45) is 28.9 Å². The number of fused-ring (bicyclic) bond motifs is 3. The molecule has 2 aliphatic carbocycles. The Kier molecular flexibility index (Phi) is 6.40. The number of carbonyl (C=O) groups is 2. The zero-order valence-electron chi connectivity index (χ0n) is 20.6. The maximum Gasteiger partial charge on any atom is 0.253 e. The smallest absolute Gasteiger partial charge is 0.253 e. The number of pyridine rings is 1. The molecule has 184 valence electrons. The standard InChI is InChI=1S/C27H39N5O2/c1-18-9-19-11-20(10-18)15-27(2,14-19)17-29-26(34)23-6-4-8-32-24(23)12-22(30-32)13-25(33)31-7-3-5-21(28)16-31/h4,6,8,12,18-21H,3,5,7,9-11,13-17,28H2,1-2H3,(H,29,34)/t18?,19?,20?,21-,27?/m1/s1. The van der Waals surface area contributed by atoms with Crippen LogP contribution in [0.15, 0.2) is 24.4 Å². The van der Waals surface area contributed by atoms with E-state index in [-0.39, 0.29) is 29.7 Å². The largest absolute Gasteiger partial charge is 0.351 e. The van der Waals surface area contributed by atoms with E-state index in [1.807, 2.05) is 29.3 Å². The van der Waals surface area contributed by atoms with E-state index in [1.165, 1.54) is 32.1 Å². The lowest BCUT2D eigenvalue weighted by atomic mass is 9.59. The van der Waals surface area contributed by atoms with Gasteiger partial charge >= 0.3 is 0 Å². The SMILES string of the molecule is CC1CC2CC(C1)CC(C)(CNC(=O)c1cccn3nc(CC(=O)N4CCC[C@@H](N)C4)cc13)C2. The number of hydrogen-bond acceptors (Lipinski definition) is 4. The minimum atomic E-state index is -0.0595. The molecule has 34 heavy (non-hydrogen) atoms. The lowest BCUT2D eigenvalue weighted by molar-refractivity contribution is -0.131. The third-order valence-electron chi connectivity index (χ3n) is 8.32. The molecule has 1 saturated heterocycles. The molecule has 5 rings (SSSR count). The van der Waals surface area contributed by atoms with Crippen LogP contribution in [-0.2, 0) is 11.2 Å². The van der Waals surface area contributed by atoms with Crippen molar-refractivity contribution >= 4 is 17.3 Å². The van der Waals surface area contributed by atoms with E-state index in [0.29, 0.717) is 24.3 Å². The van der Waals surface area contributed by atoms with Crippen molar-refractivity contribution in [2.45, 2.75) is 71.3 Å². The molecule has 0 spiro atoms. The predicted octanol–water partition coefficient (Wildman–Crippen LogP) is 3.41. The molecule has 3 atom stereocenters. The Balaban J connectivity index is 1.25. The van der Waals surface area contributed by atoms with Gasteiger partial charge in [-0.05, 0) is 86.3 Å². The first-order valence-electron chi connectivity index (χ1n) is 13.1. The summed E-state index contributed by atoms with van der Waals surface area (Å²) in [7, 11) is 0. The first kappa shape index (κ1) is 23.3. The van der Waals surface area contributed by atoms with Crippen LogP contribution in [0.1, 0.15) is 74.8 Å². The molecule has 2 unspecified atom stereocenters. The average Bonchev–Trinajstić information content (AvgIpc) is 3.19. The Hall–Kier alpha value is -2.41. The van der Waals surface area contributed by atoms with Crippen LogP contribution in [-0.4, -0.2) is 52.0 Å². The molecular weight excluding hydrogens is 426 g/mol. The van der Waals surface area contributed by atoms with Gasteiger partial charge in [0.25, 0.3) is 5.91 Å². The molecule has 1 aliphatic heterocycles. The van der Waals surface area contributed by atoms with Crippen LogP contribution in [0.3, 0.4) is 0 Å². The molecule has 2 aromatic rings. The van der Waals surface area contributed by atoms with E-state index in [9.17, 15) is 9.59 Å². The van der Waals surface area contributed by atoms with Gasteiger partial charge in [0, 0.05) is 31.9 Å². The molecule has 3 heterocycles. The third-order valence-corrected chi connectivity index (χ3v) is 8.32. The fourth-order valence-corrected chi connectivity index (χ4v) is 7.09. The highest BCUT2D eigenvalue weighted by Gasteiger charge is 2.41. The van der Waals surface area contributed by atoms with Crippen molar-refractivity contribution in [3.63, 3.8) is 0 Å². The summed E-state index contributed by atoms with van der Waals surface area (Å²) < 4.78 is 1.72. The Labute approximate surface area is 202 Å². The Morgan fingerprint density at radius 2 is 2.00 bits per heavy atom. The number of likely N-dealkylation sites (tertiary alicyclic amines) is 1. The number of rotatable bonds is 5. The number of amides is 2. The number of nitrogens with one attached hydrogen (secondary N) is 1. The van der Waals surface area contributed by atoms with E-state index in [1.54, 1.807) is 4.52 Å². The van der Waals surface area contributed by atoms with Crippen LogP contribution < -0.4 is 11.1 Å². The highest BCUT2D eigenvalue weighted by atomic mass is 16.2. The monoisotopic (exact) mass is 465 g/mol. The van der Waals surface area contributed by atoms with Gasteiger partial charge in [0.15, 0.2) is 0 Å². The van der Waals surface area contributed by atoms with Crippen molar-refractivity contribution in [1.82, 2.24) is 19.8 Å². The Morgan fingerprint density at radius 3 is 2.74 bits per heavy atom. The van der Waals surface area contributed by atoms with Crippen molar-refractivity contribution in [3.05, 3.63) is 35.7 Å². The quantitative estimate of drug-likeness (QED) is 0.708. The van der Waals surface area contributed by atoms with Crippen molar-refractivity contribution in [1.29, 1.82) is 0 Å². The number of piperidine rings is 1. The predicted molar refractivity (Wildman–Crippen MR) is 132 cm³/mol. The van der Waals surface area contributed by atoms with Crippen LogP contribution in [0, 0.1) is 23.2 Å². The summed E-state index contributed by atoms with van der Waals surface area (Å²) in [5.74, 6) is 2.44. The molecule has 7 nitrogen and oxygen atoms in total. The summed E-state index contributed by atoms with van der Waals surface area (Å²) in [4.78, 5) is 27.8. The summed E-state index contributed by atoms with van der Waals surface area (Å²) in [5.41, 5.74) is 8.25. The van der Waals surface area contributed by atoms with Gasteiger partial charge in [0.05, 0.1) is 23.2 Å². The van der Waals surface area contributed by atoms with Crippen LogP contribution in [0.2, 0.25) is 0 Å². The first-order valence-corrected chi connectivity index (χ1v) is 13.1. The zero-order valence-corrected chi connectivity index (χ0v) is 20.6. The van der Waals surface area contributed by atoms with Crippen LogP contribution in [0.25, 0.3) is 5.52 Å². The third kappa shape index (κ3) is 4.99. The lowest BCUT2D eigenvalue weighted by Gasteiger charge is -2.47. The maximum absolute atomic E-state index is 13.2. The molecule has 2 amide bonds. The fourth-order valence-electron chi connectivity index (χ4n) is 7.09. The molecule has 3 N–H and O–H groups in total. The van der Waals surface area contributed by atoms with Crippen molar-refractivity contribution < 1.29 is 9.59 Å². The zero-order chi connectivity index (χ0) is 23.9. The van der Waals surface area contributed by atoms with Gasteiger partial charge in [-0.15, -0.1) is 0 Å². The number of aromatic nitrogens is 2. The maximum atomic E-state index is 13.2. The number of carbonyl (C=O) groups excluding carboxylic acids is 2. The van der Waals surface area contributed by atoms with Crippen LogP contribution in [0.5, 0.6) is 0 Å². The summed E-state index contributed by atoms with van der Waals surface area (Å²) >= 11 is 0. The van der Waals surface area contributed by atoms with Gasteiger partial charge in [0.2, 0.25) is 5.91 Å². The molecule has 2 bridgehead atoms. The molecule has 0 aromatic carbocycles. The van der Waals surface area contributed by atoms with Crippen molar-refractivity contribution in [2.75, 3.05) is 19.6 Å². The van der Waals surface area contributed by atoms with Gasteiger partial charge in [-0.3, -0.25) is 9.59 Å². The fraction of sp³-hybridized carbons (Fsp3) is 0.667. The second kappa shape index (κ2) is 9.33. The molecule has 7 heteroatoms. The number of hydrogen-bond donors (Lipinski definition) is 2. The number of nitrogens with two attached hydrogens (primary N) is 1. The van der Waals surface area contributed by atoms with E-state index in [2.05, 4.69) is 24.3 Å². The first-order chi connectivity index (χ1) is 16.3. The van der Waals surface area contributed by atoms with Gasteiger partial charge < -0.3 is 16.0 Å². The molecule has 3 aliphatic rings.